The second kappa shape index (κ2) is 3.94. The maximum absolute atomic E-state index is 12.9. The number of nitrogens with two attached hydrogens (primary N) is 1. The lowest BCUT2D eigenvalue weighted by molar-refractivity contribution is 0.0996. The van der Waals surface area contributed by atoms with E-state index in [9.17, 15) is 9.18 Å². The van der Waals surface area contributed by atoms with Crippen LogP contribution in [-0.2, 0) is 0 Å². The van der Waals surface area contributed by atoms with E-state index in [1.807, 2.05) is 0 Å². The fourth-order valence-electron chi connectivity index (χ4n) is 1.24. The molecule has 0 bridgehead atoms. The molecule has 0 spiro atoms. The number of amides is 1. The van der Waals surface area contributed by atoms with Crippen molar-refractivity contribution in [2.75, 3.05) is 0 Å². The van der Waals surface area contributed by atoms with E-state index in [-0.39, 0.29) is 10.7 Å². The minimum absolute atomic E-state index is 0.00632. The Morgan fingerprint density at radius 3 is 2.81 bits per heavy atom. The van der Waals surface area contributed by atoms with Gasteiger partial charge in [-0.2, -0.15) is 0 Å². The van der Waals surface area contributed by atoms with Crippen LogP contribution in [0.5, 0.6) is 0 Å². The summed E-state index contributed by atoms with van der Waals surface area (Å²) in [6.45, 7) is 0. The van der Waals surface area contributed by atoms with Crippen LogP contribution < -0.4 is 5.73 Å². The third kappa shape index (κ3) is 1.90. The number of aromatic nitrogens is 2. The van der Waals surface area contributed by atoms with Gasteiger partial charge < -0.3 is 10.3 Å². The van der Waals surface area contributed by atoms with Crippen LogP contribution in [0.25, 0.3) is 5.69 Å². The van der Waals surface area contributed by atoms with Gasteiger partial charge in [-0.15, -0.1) is 0 Å². The van der Waals surface area contributed by atoms with Crippen LogP contribution in [0.1, 0.15) is 10.5 Å². The standard InChI is InChI=1S/C10H7ClFN3O/c11-7-3-6(1-2-8(7)12)15-4-9(10(13)16)14-5-15/h1-5H,(H2,13,16). The molecule has 2 aromatic rings. The Morgan fingerprint density at radius 2 is 2.25 bits per heavy atom. The topological polar surface area (TPSA) is 60.9 Å². The molecule has 0 aliphatic carbocycles. The Morgan fingerprint density at radius 1 is 1.50 bits per heavy atom. The predicted octanol–water partition coefficient (Wildman–Crippen LogP) is 1.76. The summed E-state index contributed by atoms with van der Waals surface area (Å²) < 4.78 is 14.5. The van der Waals surface area contributed by atoms with E-state index in [0.29, 0.717) is 5.69 Å². The average Bonchev–Trinajstić information content (AvgIpc) is 2.71. The molecule has 0 saturated carbocycles. The first-order chi connectivity index (χ1) is 7.58. The second-order valence-electron chi connectivity index (χ2n) is 3.13. The van der Waals surface area contributed by atoms with Gasteiger partial charge in [0.2, 0.25) is 0 Å². The molecule has 0 saturated heterocycles. The van der Waals surface area contributed by atoms with Crippen molar-refractivity contribution in [1.82, 2.24) is 9.55 Å². The van der Waals surface area contributed by atoms with Crippen LogP contribution in [0.15, 0.2) is 30.7 Å². The number of benzene rings is 1. The zero-order chi connectivity index (χ0) is 11.7. The number of nitrogens with zero attached hydrogens (tertiary/aromatic N) is 2. The molecule has 1 heterocycles. The zero-order valence-corrected chi connectivity index (χ0v) is 8.78. The van der Waals surface area contributed by atoms with Gasteiger partial charge in [0, 0.05) is 11.9 Å². The lowest BCUT2D eigenvalue weighted by atomic mass is 10.3. The molecule has 4 nitrogen and oxygen atoms in total. The highest BCUT2D eigenvalue weighted by Gasteiger charge is 2.07. The van der Waals surface area contributed by atoms with Crippen molar-refractivity contribution in [2.24, 2.45) is 5.73 Å². The van der Waals surface area contributed by atoms with E-state index in [1.165, 1.54) is 35.3 Å². The summed E-state index contributed by atoms with van der Waals surface area (Å²) >= 11 is 5.63. The Bertz CT molecular complexity index is 553. The minimum Gasteiger partial charge on any atom is -0.364 e. The SMILES string of the molecule is NC(=O)c1cn(-c2ccc(F)c(Cl)c2)cn1. The highest BCUT2D eigenvalue weighted by atomic mass is 35.5. The van der Waals surface area contributed by atoms with Gasteiger partial charge in [0.05, 0.1) is 5.02 Å². The normalized spacial score (nSPS) is 10.4. The van der Waals surface area contributed by atoms with E-state index in [4.69, 9.17) is 17.3 Å². The van der Waals surface area contributed by atoms with Crippen molar-refractivity contribution in [3.05, 3.63) is 47.3 Å². The summed E-state index contributed by atoms with van der Waals surface area (Å²) in [6, 6.07) is 4.19. The Kier molecular flexibility index (Phi) is 2.62. The first kappa shape index (κ1) is 10.6. The predicted molar refractivity (Wildman–Crippen MR) is 57.0 cm³/mol. The smallest absolute Gasteiger partial charge is 0.268 e. The maximum Gasteiger partial charge on any atom is 0.268 e. The van der Waals surface area contributed by atoms with Gasteiger partial charge in [0.1, 0.15) is 17.8 Å². The highest BCUT2D eigenvalue weighted by molar-refractivity contribution is 6.30. The molecule has 2 N–H and O–H groups in total. The van der Waals surface area contributed by atoms with E-state index in [2.05, 4.69) is 4.98 Å². The lowest BCUT2D eigenvalue weighted by Crippen LogP contribution is -2.11. The van der Waals surface area contributed by atoms with E-state index >= 15 is 0 Å². The fraction of sp³-hybridized carbons (Fsp3) is 0. The van der Waals surface area contributed by atoms with Crippen molar-refractivity contribution in [2.45, 2.75) is 0 Å². The average molecular weight is 240 g/mol. The quantitative estimate of drug-likeness (QED) is 0.868. The van der Waals surface area contributed by atoms with Crippen LogP contribution in [0, 0.1) is 5.82 Å². The summed E-state index contributed by atoms with van der Waals surface area (Å²) in [5, 5.41) is 0.00632. The number of halogens is 2. The first-order valence-corrected chi connectivity index (χ1v) is 4.75. The third-order valence-corrected chi connectivity index (χ3v) is 2.33. The molecule has 82 valence electrons. The van der Waals surface area contributed by atoms with Gasteiger partial charge in [-0.1, -0.05) is 11.6 Å². The van der Waals surface area contributed by atoms with Crippen molar-refractivity contribution in [3.63, 3.8) is 0 Å². The molecule has 0 radical (unpaired) electrons. The monoisotopic (exact) mass is 239 g/mol. The maximum atomic E-state index is 12.9. The Labute approximate surface area is 95.5 Å². The number of rotatable bonds is 2. The van der Waals surface area contributed by atoms with Crippen molar-refractivity contribution < 1.29 is 9.18 Å². The number of carbonyl (C=O) groups is 1. The van der Waals surface area contributed by atoms with Crippen molar-refractivity contribution in [3.8, 4) is 5.69 Å². The number of carbonyl (C=O) groups excluding carboxylic acids is 1. The molecule has 0 unspecified atom stereocenters. The fourth-order valence-corrected chi connectivity index (χ4v) is 1.41. The van der Waals surface area contributed by atoms with Gasteiger partial charge in [-0.25, -0.2) is 9.37 Å². The molecule has 0 aliphatic heterocycles. The molecule has 0 fully saturated rings. The Balaban J connectivity index is 2.42. The van der Waals surface area contributed by atoms with Crippen molar-refractivity contribution >= 4 is 17.5 Å². The third-order valence-electron chi connectivity index (χ3n) is 2.04. The van der Waals surface area contributed by atoms with Crippen molar-refractivity contribution in [1.29, 1.82) is 0 Å². The van der Waals surface area contributed by atoms with Gasteiger partial charge >= 0.3 is 0 Å². The van der Waals surface area contributed by atoms with E-state index < -0.39 is 11.7 Å². The highest BCUT2D eigenvalue weighted by Crippen LogP contribution is 2.18. The molecule has 1 amide bonds. The molecule has 0 aliphatic rings. The molecule has 0 atom stereocenters. The van der Waals surface area contributed by atoms with Gasteiger partial charge in [-0.3, -0.25) is 4.79 Å². The molecule has 16 heavy (non-hydrogen) atoms. The first-order valence-electron chi connectivity index (χ1n) is 4.37. The van der Waals surface area contributed by atoms with Crippen LogP contribution in [-0.4, -0.2) is 15.5 Å². The summed E-state index contributed by atoms with van der Waals surface area (Å²) in [5.41, 5.74) is 5.80. The molecule has 2 rings (SSSR count). The number of primary amides is 1. The minimum atomic E-state index is -0.619. The molecule has 1 aromatic heterocycles. The summed E-state index contributed by atoms with van der Waals surface area (Å²) in [6.07, 6.45) is 2.86. The van der Waals surface area contributed by atoms with E-state index in [1.54, 1.807) is 0 Å². The van der Waals surface area contributed by atoms with Crippen LogP contribution in [0.2, 0.25) is 5.02 Å². The largest absolute Gasteiger partial charge is 0.364 e. The molecular formula is C10H7ClFN3O. The van der Waals surface area contributed by atoms with Gasteiger partial charge in [0.25, 0.3) is 5.91 Å². The van der Waals surface area contributed by atoms with Gasteiger partial charge in [-0.05, 0) is 18.2 Å². The van der Waals surface area contributed by atoms with Crippen LogP contribution in [0.3, 0.4) is 0 Å². The number of hydrogen-bond donors (Lipinski definition) is 1. The summed E-state index contributed by atoms with van der Waals surface area (Å²) in [7, 11) is 0. The Hall–Kier alpha value is -1.88. The molecule has 1 aromatic carbocycles. The van der Waals surface area contributed by atoms with Gasteiger partial charge in [0.15, 0.2) is 0 Å². The summed E-state index contributed by atoms with van der Waals surface area (Å²) in [5.74, 6) is -1.12. The van der Waals surface area contributed by atoms with Crippen LogP contribution in [0.4, 0.5) is 4.39 Å². The zero-order valence-electron chi connectivity index (χ0n) is 8.02. The number of hydrogen-bond acceptors (Lipinski definition) is 2. The summed E-state index contributed by atoms with van der Waals surface area (Å²) in [4.78, 5) is 14.6. The van der Waals surface area contributed by atoms with Crippen LogP contribution >= 0.6 is 11.6 Å². The number of imidazole rings is 1. The second-order valence-corrected chi connectivity index (χ2v) is 3.54. The molecular weight excluding hydrogens is 233 g/mol. The lowest BCUT2D eigenvalue weighted by Gasteiger charge is -2.02. The molecule has 6 heteroatoms. The van der Waals surface area contributed by atoms with E-state index in [0.717, 1.165) is 0 Å².